The van der Waals surface area contributed by atoms with Gasteiger partial charge in [0.05, 0.1) is 0 Å². The molecule has 1 aromatic heterocycles. The van der Waals surface area contributed by atoms with Crippen LogP contribution in [-0.2, 0) is 0 Å². The van der Waals surface area contributed by atoms with Gasteiger partial charge in [-0.25, -0.2) is 9.78 Å². The molecule has 98 valence electrons. The number of nitrogens with zero attached hydrogens (tertiary/aromatic N) is 2. The van der Waals surface area contributed by atoms with Crippen LogP contribution >= 0.6 is 0 Å². The van der Waals surface area contributed by atoms with Crippen molar-refractivity contribution >= 4 is 11.8 Å². The van der Waals surface area contributed by atoms with E-state index < -0.39 is 5.97 Å². The van der Waals surface area contributed by atoms with Gasteiger partial charge < -0.3 is 10.0 Å². The van der Waals surface area contributed by atoms with Gasteiger partial charge in [-0.05, 0) is 30.4 Å². The van der Waals surface area contributed by atoms with Gasteiger partial charge in [0, 0.05) is 19.3 Å². The topological polar surface area (TPSA) is 53.4 Å². The van der Waals surface area contributed by atoms with Crippen molar-refractivity contribution in [3.8, 4) is 0 Å². The average Bonchev–Trinajstić information content (AvgIpc) is 2.39. The number of aromatic carboxylic acids is 1. The minimum atomic E-state index is -0.901. The van der Waals surface area contributed by atoms with E-state index in [1.807, 2.05) is 0 Å². The minimum Gasteiger partial charge on any atom is -0.478 e. The zero-order chi connectivity index (χ0) is 13.2. The molecule has 1 aliphatic rings. The first-order chi connectivity index (χ1) is 8.56. The van der Waals surface area contributed by atoms with Gasteiger partial charge in [0.1, 0.15) is 11.4 Å². The number of anilines is 1. The van der Waals surface area contributed by atoms with Crippen LogP contribution in [0.3, 0.4) is 0 Å². The quantitative estimate of drug-likeness (QED) is 0.893. The SMILES string of the molecule is CCC1(C)CCN(c2ncccc2C(=O)O)CC1. The van der Waals surface area contributed by atoms with Crippen molar-refractivity contribution in [3.05, 3.63) is 23.9 Å². The summed E-state index contributed by atoms with van der Waals surface area (Å²) in [7, 11) is 0. The Hall–Kier alpha value is -1.58. The smallest absolute Gasteiger partial charge is 0.339 e. The highest BCUT2D eigenvalue weighted by molar-refractivity contribution is 5.93. The predicted octanol–water partition coefficient (Wildman–Crippen LogP) is 2.80. The summed E-state index contributed by atoms with van der Waals surface area (Å²) in [6.45, 7) is 6.31. The third-order valence-electron chi connectivity index (χ3n) is 4.14. The molecule has 1 aromatic rings. The van der Waals surface area contributed by atoms with Crippen molar-refractivity contribution in [2.75, 3.05) is 18.0 Å². The monoisotopic (exact) mass is 248 g/mol. The molecule has 0 unspecified atom stereocenters. The van der Waals surface area contributed by atoms with Gasteiger partial charge in [-0.1, -0.05) is 20.3 Å². The highest BCUT2D eigenvalue weighted by atomic mass is 16.4. The van der Waals surface area contributed by atoms with Crippen LogP contribution in [0.5, 0.6) is 0 Å². The normalized spacial score (nSPS) is 18.7. The van der Waals surface area contributed by atoms with E-state index in [-0.39, 0.29) is 0 Å². The summed E-state index contributed by atoms with van der Waals surface area (Å²) < 4.78 is 0. The van der Waals surface area contributed by atoms with Gasteiger partial charge in [0.25, 0.3) is 0 Å². The fourth-order valence-electron chi connectivity index (χ4n) is 2.43. The molecule has 2 heterocycles. The molecule has 0 spiro atoms. The molecule has 0 amide bonds. The molecule has 0 radical (unpaired) electrons. The summed E-state index contributed by atoms with van der Waals surface area (Å²) in [4.78, 5) is 17.5. The standard InChI is InChI=1S/C14H20N2O2/c1-3-14(2)6-9-16(10-7-14)12-11(13(17)18)5-4-8-15-12/h4-5,8H,3,6-7,9-10H2,1-2H3,(H,17,18). The number of piperidine rings is 1. The summed E-state index contributed by atoms with van der Waals surface area (Å²) in [5.41, 5.74) is 0.701. The van der Waals surface area contributed by atoms with Crippen LogP contribution in [0.4, 0.5) is 5.82 Å². The van der Waals surface area contributed by atoms with Crippen molar-refractivity contribution in [2.24, 2.45) is 5.41 Å². The molecule has 1 fully saturated rings. The Morgan fingerprint density at radius 3 is 2.72 bits per heavy atom. The molecule has 2 rings (SSSR count). The van der Waals surface area contributed by atoms with Crippen molar-refractivity contribution in [3.63, 3.8) is 0 Å². The molecule has 1 aliphatic heterocycles. The lowest BCUT2D eigenvalue weighted by molar-refractivity contribution is 0.0697. The highest BCUT2D eigenvalue weighted by Crippen LogP contribution is 2.35. The van der Waals surface area contributed by atoms with E-state index >= 15 is 0 Å². The van der Waals surface area contributed by atoms with E-state index in [2.05, 4.69) is 23.7 Å². The Kier molecular flexibility index (Phi) is 3.55. The molecule has 0 aromatic carbocycles. The second kappa shape index (κ2) is 4.96. The van der Waals surface area contributed by atoms with Gasteiger partial charge >= 0.3 is 5.97 Å². The van der Waals surface area contributed by atoms with E-state index in [1.165, 1.54) is 6.42 Å². The fourth-order valence-corrected chi connectivity index (χ4v) is 2.43. The van der Waals surface area contributed by atoms with Crippen LogP contribution in [0, 0.1) is 5.41 Å². The first kappa shape index (κ1) is 12.9. The Labute approximate surface area is 108 Å². The van der Waals surface area contributed by atoms with Crippen molar-refractivity contribution < 1.29 is 9.90 Å². The molecule has 0 atom stereocenters. The van der Waals surface area contributed by atoms with Gasteiger partial charge in [-0.3, -0.25) is 0 Å². The number of aromatic nitrogens is 1. The summed E-state index contributed by atoms with van der Waals surface area (Å²) >= 11 is 0. The second-order valence-corrected chi connectivity index (χ2v) is 5.33. The van der Waals surface area contributed by atoms with Crippen LogP contribution in [0.2, 0.25) is 0 Å². The lowest BCUT2D eigenvalue weighted by Crippen LogP contribution is -2.39. The van der Waals surface area contributed by atoms with Crippen LogP contribution in [0.25, 0.3) is 0 Å². The van der Waals surface area contributed by atoms with Gasteiger partial charge in [-0.2, -0.15) is 0 Å². The third kappa shape index (κ3) is 2.47. The van der Waals surface area contributed by atoms with Gasteiger partial charge in [0.2, 0.25) is 0 Å². The molecule has 0 aliphatic carbocycles. The molecular formula is C14H20N2O2. The van der Waals surface area contributed by atoms with Crippen molar-refractivity contribution in [1.82, 2.24) is 4.98 Å². The predicted molar refractivity (Wildman–Crippen MR) is 71.0 cm³/mol. The Morgan fingerprint density at radius 1 is 1.50 bits per heavy atom. The molecule has 4 heteroatoms. The van der Waals surface area contributed by atoms with Crippen LogP contribution in [0.1, 0.15) is 43.5 Å². The van der Waals surface area contributed by atoms with E-state index in [1.54, 1.807) is 18.3 Å². The maximum absolute atomic E-state index is 11.2. The highest BCUT2D eigenvalue weighted by Gasteiger charge is 2.30. The van der Waals surface area contributed by atoms with E-state index in [0.29, 0.717) is 16.8 Å². The maximum Gasteiger partial charge on any atom is 0.339 e. The molecule has 0 bridgehead atoms. The van der Waals surface area contributed by atoms with E-state index in [4.69, 9.17) is 0 Å². The first-order valence-corrected chi connectivity index (χ1v) is 6.49. The number of hydrogen-bond donors (Lipinski definition) is 1. The van der Waals surface area contributed by atoms with Crippen LogP contribution in [-0.4, -0.2) is 29.1 Å². The molecular weight excluding hydrogens is 228 g/mol. The fraction of sp³-hybridized carbons (Fsp3) is 0.571. The summed E-state index contributed by atoms with van der Waals surface area (Å²) in [6, 6.07) is 3.30. The number of carbonyl (C=O) groups is 1. The summed E-state index contributed by atoms with van der Waals surface area (Å²) in [6.07, 6.45) is 5.03. The van der Waals surface area contributed by atoms with Crippen molar-refractivity contribution in [2.45, 2.75) is 33.1 Å². The third-order valence-corrected chi connectivity index (χ3v) is 4.14. The average molecular weight is 248 g/mol. The van der Waals surface area contributed by atoms with E-state index in [9.17, 15) is 9.90 Å². The van der Waals surface area contributed by atoms with Crippen molar-refractivity contribution in [1.29, 1.82) is 0 Å². The number of rotatable bonds is 3. The number of pyridine rings is 1. The zero-order valence-corrected chi connectivity index (χ0v) is 11.0. The number of hydrogen-bond acceptors (Lipinski definition) is 3. The number of carboxylic acids is 1. The Bertz CT molecular complexity index is 437. The molecule has 4 nitrogen and oxygen atoms in total. The molecule has 1 saturated heterocycles. The maximum atomic E-state index is 11.2. The largest absolute Gasteiger partial charge is 0.478 e. The lowest BCUT2D eigenvalue weighted by Gasteiger charge is -2.39. The zero-order valence-electron chi connectivity index (χ0n) is 11.0. The molecule has 18 heavy (non-hydrogen) atoms. The van der Waals surface area contributed by atoms with Gasteiger partial charge in [-0.15, -0.1) is 0 Å². The Morgan fingerprint density at radius 2 is 2.17 bits per heavy atom. The summed E-state index contributed by atoms with van der Waals surface area (Å²) in [5.74, 6) is -0.287. The van der Waals surface area contributed by atoms with Gasteiger partial charge in [0.15, 0.2) is 0 Å². The van der Waals surface area contributed by atoms with E-state index in [0.717, 1.165) is 25.9 Å². The Balaban J connectivity index is 2.17. The second-order valence-electron chi connectivity index (χ2n) is 5.33. The lowest BCUT2D eigenvalue weighted by atomic mass is 9.78. The first-order valence-electron chi connectivity index (χ1n) is 6.49. The minimum absolute atomic E-state index is 0.303. The summed E-state index contributed by atoms with van der Waals surface area (Å²) in [5, 5.41) is 9.18. The molecule has 0 saturated carbocycles. The molecule has 1 N–H and O–H groups in total. The van der Waals surface area contributed by atoms with Crippen LogP contribution in [0.15, 0.2) is 18.3 Å². The van der Waals surface area contributed by atoms with Crippen LogP contribution < -0.4 is 4.90 Å². The number of carboxylic acid groups (broad SMARTS) is 1.